The number of nitrogens with zero attached hydrogens (tertiary/aromatic N) is 2. The Hall–Kier alpha value is -1.92. The van der Waals surface area contributed by atoms with Gasteiger partial charge in [0.05, 0.1) is 5.39 Å². The van der Waals surface area contributed by atoms with Gasteiger partial charge in [0, 0.05) is 22.6 Å². The molecule has 3 rings (SSSR count). The Kier molecular flexibility index (Phi) is 4.93. The number of aromatic nitrogens is 2. The molecule has 0 aliphatic heterocycles. The maximum Gasteiger partial charge on any atom is 0.303 e. The monoisotopic (exact) mass is 344 g/mol. The van der Waals surface area contributed by atoms with E-state index in [4.69, 9.17) is 5.11 Å². The lowest BCUT2D eigenvalue weighted by Crippen LogP contribution is -1.95. The van der Waals surface area contributed by atoms with Crippen molar-refractivity contribution in [1.82, 2.24) is 9.97 Å². The number of benzene rings is 1. The standard InChI is InChI=1S/C17H16N2O2S2/c1-11-14(12-6-3-2-4-7-12)15-16(18-10-19-17(15)23-11)22-9-5-8-13(20)21/h2-4,6-7,10H,5,8-9H2,1H3,(H,20,21). The zero-order chi connectivity index (χ0) is 16.2. The molecule has 118 valence electrons. The van der Waals surface area contributed by atoms with E-state index in [0.717, 1.165) is 21.0 Å². The number of thiophene rings is 1. The fraction of sp³-hybridized carbons (Fsp3) is 0.235. The van der Waals surface area contributed by atoms with Crippen LogP contribution < -0.4 is 0 Å². The van der Waals surface area contributed by atoms with Gasteiger partial charge in [-0.25, -0.2) is 9.97 Å². The molecule has 0 fully saturated rings. The van der Waals surface area contributed by atoms with Crippen LogP contribution in [0.4, 0.5) is 0 Å². The first-order valence-corrected chi connectivity index (χ1v) is 9.11. The third-order valence-electron chi connectivity index (χ3n) is 3.47. The van der Waals surface area contributed by atoms with E-state index < -0.39 is 5.97 Å². The Morgan fingerprint density at radius 1 is 1.26 bits per heavy atom. The summed E-state index contributed by atoms with van der Waals surface area (Å²) in [6, 6.07) is 10.3. The minimum atomic E-state index is -0.755. The van der Waals surface area contributed by atoms with Crippen LogP contribution in [0.3, 0.4) is 0 Å². The van der Waals surface area contributed by atoms with Crippen LogP contribution >= 0.6 is 23.1 Å². The molecule has 0 bridgehead atoms. The molecule has 0 aliphatic carbocycles. The van der Waals surface area contributed by atoms with Crippen LogP contribution in [0.2, 0.25) is 0 Å². The predicted molar refractivity (Wildman–Crippen MR) is 95.2 cm³/mol. The SMILES string of the molecule is Cc1sc2ncnc(SCCCC(=O)O)c2c1-c1ccccc1. The van der Waals surface area contributed by atoms with Crippen molar-refractivity contribution in [2.75, 3.05) is 5.75 Å². The minimum absolute atomic E-state index is 0.190. The second-order valence-electron chi connectivity index (χ2n) is 5.10. The van der Waals surface area contributed by atoms with E-state index >= 15 is 0 Å². The quantitative estimate of drug-likeness (QED) is 0.401. The van der Waals surface area contributed by atoms with E-state index in [-0.39, 0.29) is 6.42 Å². The Bertz CT molecular complexity index is 831. The molecule has 1 aromatic carbocycles. The predicted octanol–water partition coefficient (Wildman–Crippen LogP) is 4.62. The number of aryl methyl sites for hydroxylation is 1. The molecular weight excluding hydrogens is 328 g/mol. The highest BCUT2D eigenvalue weighted by Crippen LogP contribution is 2.41. The van der Waals surface area contributed by atoms with Crippen molar-refractivity contribution in [2.45, 2.75) is 24.8 Å². The first kappa shape index (κ1) is 16.0. The lowest BCUT2D eigenvalue weighted by Gasteiger charge is -2.06. The number of rotatable bonds is 6. The summed E-state index contributed by atoms with van der Waals surface area (Å²) in [5.74, 6) is -0.0172. The molecule has 0 atom stereocenters. The molecule has 6 heteroatoms. The first-order chi connectivity index (χ1) is 11.2. The van der Waals surface area contributed by atoms with Crippen LogP contribution in [0.25, 0.3) is 21.3 Å². The van der Waals surface area contributed by atoms with E-state index in [0.29, 0.717) is 6.42 Å². The van der Waals surface area contributed by atoms with Crippen molar-refractivity contribution in [3.63, 3.8) is 0 Å². The zero-order valence-electron chi connectivity index (χ0n) is 12.7. The number of carboxylic acids is 1. The number of carboxylic acid groups (broad SMARTS) is 1. The van der Waals surface area contributed by atoms with Gasteiger partial charge in [-0.3, -0.25) is 4.79 Å². The number of aliphatic carboxylic acids is 1. The maximum absolute atomic E-state index is 10.6. The fourth-order valence-corrected chi connectivity index (χ4v) is 4.50. The van der Waals surface area contributed by atoms with Crippen molar-refractivity contribution in [3.8, 4) is 11.1 Å². The molecule has 3 aromatic rings. The van der Waals surface area contributed by atoms with Gasteiger partial charge in [-0.1, -0.05) is 30.3 Å². The maximum atomic E-state index is 10.6. The summed E-state index contributed by atoms with van der Waals surface area (Å²) in [7, 11) is 0. The van der Waals surface area contributed by atoms with Crippen molar-refractivity contribution < 1.29 is 9.90 Å². The summed E-state index contributed by atoms with van der Waals surface area (Å²) in [5.41, 5.74) is 2.35. The molecule has 0 saturated carbocycles. The van der Waals surface area contributed by atoms with Gasteiger partial charge in [-0.2, -0.15) is 0 Å². The molecule has 1 N–H and O–H groups in total. The van der Waals surface area contributed by atoms with Crippen LogP contribution in [0.5, 0.6) is 0 Å². The summed E-state index contributed by atoms with van der Waals surface area (Å²) < 4.78 is 0. The van der Waals surface area contributed by atoms with Crippen molar-refractivity contribution in [1.29, 1.82) is 0 Å². The fourth-order valence-electron chi connectivity index (χ4n) is 2.47. The molecule has 2 aromatic heterocycles. The molecule has 0 aliphatic rings. The summed E-state index contributed by atoms with van der Waals surface area (Å²) in [6.07, 6.45) is 2.41. The van der Waals surface area contributed by atoms with E-state index in [9.17, 15) is 4.79 Å². The summed E-state index contributed by atoms with van der Waals surface area (Å²) in [6.45, 7) is 2.10. The van der Waals surface area contributed by atoms with Crippen LogP contribution in [-0.4, -0.2) is 26.8 Å². The van der Waals surface area contributed by atoms with Crippen molar-refractivity contribution in [2.24, 2.45) is 0 Å². The number of carbonyl (C=O) groups is 1. The van der Waals surface area contributed by atoms with Gasteiger partial charge in [-0.05, 0) is 18.9 Å². The lowest BCUT2D eigenvalue weighted by molar-refractivity contribution is -0.137. The van der Waals surface area contributed by atoms with E-state index in [1.165, 1.54) is 16.0 Å². The molecule has 0 radical (unpaired) electrons. The first-order valence-electron chi connectivity index (χ1n) is 7.31. The van der Waals surface area contributed by atoms with Gasteiger partial charge in [0.2, 0.25) is 0 Å². The van der Waals surface area contributed by atoms with Gasteiger partial charge < -0.3 is 5.11 Å². The second kappa shape index (κ2) is 7.10. The van der Waals surface area contributed by atoms with Gasteiger partial charge in [0.1, 0.15) is 16.2 Å². The van der Waals surface area contributed by atoms with E-state index in [1.807, 2.05) is 18.2 Å². The molecule has 23 heavy (non-hydrogen) atoms. The number of fused-ring (bicyclic) bond motifs is 1. The smallest absolute Gasteiger partial charge is 0.303 e. The largest absolute Gasteiger partial charge is 0.481 e. The van der Waals surface area contributed by atoms with Gasteiger partial charge in [-0.15, -0.1) is 23.1 Å². The van der Waals surface area contributed by atoms with Crippen LogP contribution in [0.1, 0.15) is 17.7 Å². The second-order valence-corrected chi connectivity index (χ2v) is 7.39. The Morgan fingerprint density at radius 3 is 2.78 bits per heavy atom. The highest BCUT2D eigenvalue weighted by Gasteiger charge is 2.16. The number of thioether (sulfide) groups is 1. The van der Waals surface area contributed by atoms with Crippen LogP contribution in [0, 0.1) is 6.92 Å². The minimum Gasteiger partial charge on any atom is -0.481 e. The lowest BCUT2D eigenvalue weighted by atomic mass is 10.0. The Morgan fingerprint density at radius 2 is 2.04 bits per heavy atom. The van der Waals surface area contributed by atoms with Gasteiger partial charge in [0.15, 0.2) is 0 Å². The summed E-state index contributed by atoms with van der Waals surface area (Å²) in [5, 5.41) is 10.8. The highest BCUT2D eigenvalue weighted by molar-refractivity contribution is 7.99. The third kappa shape index (κ3) is 3.54. The summed E-state index contributed by atoms with van der Waals surface area (Å²) >= 11 is 3.28. The Balaban J connectivity index is 1.97. The molecular formula is C17H16N2O2S2. The molecule has 0 spiro atoms. The van der Waals surface area contributed by atoms with E-state index in [1.54, 1.807) is 29.4 Å². The van der Waals surface area contributed by atoms with Gasteiger partial charge in [0.25, 0.3) is 0 Å². The highest BCUT2D eigenvalue weighted by atomic mass is 32.2. The van der Waals surface area contributed by atoms with Crippen molar-refractivity contribution >= 4 is 39.3 Å². The number of hydrogen-bond acceptors (Lipinski definition) is 5. The Labute approximate surface area is 142 Å². The molecule has 0 amide bonds. The number of hydrogen-bond donors (Lipinski definition) is 1. The normalized spacial score (nSPS) is 11.0. The average molecular weight is 344 g/mol. The molecule has 4 nitrogen and oxygen atoms in total. The van der Waals surface area contributed by atoms with Crippen molar-refractivity contribution in [3.05, 3.63) is 41.5 Å². The zero-order valence-corrected chi connectivity index (χ0v) is 14.3. The van der Waals surface area contributed by atoms with Crippen LogP contribution in [0.15, 0.2) is 41.7 Å². The summed E-state index contributed by atoms with van der Waals surface area (Å²) in [4.78, 5) is 21.7. The van der Waals surface area contributed by atoms with Gasteiger partial charge >= 0.3 is 5.97 Å². The topological polar surface area (TPSA) is 63.1 Å². The molecule has 0 unspecified atom stereocenters. The van der Waals surface area contributed by atoms with Crippen LogP contribution in [-0.2, 0) is 4.79 Å². The average Bonchev–Trinajstić information content (AvgIpc) is 2.89. The van der Waals surface area contributed by atoms with E-state index in [2.05, 4.69) is 29.0 Å². The molecule has 2 heterocycles. The molecule has 0 saturated heterocycles. The third-order valence-corrected chi connectivity index (χ3v) is 5.55.